The highest BCUT2D eigenvalue weighted by Crippen LogP contribution is 2.14. The predicted octanol–water partition coefficient (Wildman–Crippen LogP) is 1.86. The van der Waals surface area contributed by atoms with Gasteiger partial charge in [0.25, 0.3) is 0 Å². The van der Waals surface area contributed by atoms with Crippen molar-refractivity contribution in [2.45, 2.75) is 19.9 Å². The molecule has 0 unspecified atom stereocenters. The van der Waals surface area contributed by atoms with E-state index in [9.17, 15) is 4.79 Å². The van der Waals surface area contributed by atoms with Gasteiger partial charge < -0.3 is 10.2 Å². The number of aromatic nitrogens is 1. The smallest absolute Gasteiger partial charge is 0.223 e. The van der Waals surface area contributed by atoms with Gasteiger partial charge >= 0.3 is 0 Å². The van der Waals surface area contributed by atoms with Crippen LogP contribution in [0.4, 0.5) is 0 Å². The van der Waals surface area contributed by atoms with E-state index >= 15 is 0 Å². The lowest BCUT2D eigenvalue weighted by atomic mass is 10.3. The van der Waals surface area contributed by atoms with E-state index in [1.165, 1.54) is 0 Å². The highest BCUT2D eigenvalue weighted by atomic mass is 35.5. The van der Waals surface area contributed by atoms with E-state index in [0.717, 1.165) is 17.1 Å². The second-order valence-electron chi connectivity index (χ2n) is 3.46. The number of carbonyl (C=O) groups is 1. The molecule has 1 heterocycles. The maximum absolute atomic E-state index is 11.6. The van der Waals surface area contributed by atoms with Crippen LogP contribution >= 0.6 is 36.2 Å². The Bertz CT molecular complexity index is 333. The fraction of sp³-hybridized carbons (Fsp3) is 0.600. The Morgan fingerprint density at radius 2 is 2.18 bits per heavy atom. The van der Waals surface area contributed by atoms with Gasteiger partial charge in [-0.2, -0.15) is 0 Å². The van der Waals surface area contributed by atoms with E-state index in [0.29, 0.717) is 13.0 Å². The van der Waals surface area contributed by atoms with Crippen LogP contribution in [0, 0.1) is 6.92 Å². The van der Waals surface area contributed by atoms with Gasteiger partial charge in [0, 0.05) is 24.9 Å². The largest absolute Gasteiger partial charge is 0.341 e. The summed E-state index contributed by atoms with van der Waals surface area (Å²) in [5.74, 6) is 0.164. The van der Waals surface area contributed by atoms with E-state index in [4.69, 9.17) is 0 Å². The first-order valence-electron chi connectivity index (χ1n) is 4.92. The minimum atomic E-state index is 0. The van der Waals surface area contributed by atoms with Crippen molar-refractivity contribution in [1.82, 2.24) is 15.2 Å². The van der Waals surface area contributed by atoms with Crippen LogP contribution in [0.25, 0.3) is 0 Å². The van der Waals surface area contributed by atoms with Gasteiger partial charge in [0.15, 0.2) is 0 Å². The summed E-state index contributed by atoms with van der Waals surface area (Å²) in [6, 6.07) is 0. The first-order chi connectivity index (χ1) is 7.15. The molecule has 0 atom stereocenters. The molecule has 1 amide bonds. The van der Waals surface area contributed by atoms with Crippen LogP contribution in [0.1, 0.15) is 17.0 Å². The standard InChI is InChI=1S/C10H17N3OS.2ClH/c1-8-9(15-7-12-8)6-13(3)10(14)4-5-11-2;;/h7,11H,4-6H2,1-3H3;2*1H. The zero-order valence-electron chi connectivity index (χ0n) is 10.2. The van der Waals surface area contributed by atoms with Crippen molar-refractivity contribution in [3.05, 3.63) is 16.1 Å². The maximum atomic E-state index is 11.6. The Morgan fingerprint density at radius 3 is 2.65 bits per heavy atom. The topological polar surface area (TPSA) is 45.2 Å². The van der Waals surface area contributed by atoms with E-state index in [1.54, 1.807) is 16.2 Å². The molecule has 0 aliphatic heterocycles. The number of nitrogens with one attached hydrogen (secondary N) is 1. The third-order valence-corrected chi connectivity index (χ3v) is 3.16. The molecule has 0 aromatic carbocycles. The molecule has 1 rings (SSSR count). The zero-order valence-corrected chi connectivity index (χ0v) is 12.7. The number of nitrogens with zero attached hydrogens (tertiary/aromatic N) is 2. The van der Waals surface area contributed by atoms with E-state index in [2.05, 4.69) is 10.3 Å². The van der Waals surface area contributed by atoms with Gasteiger partial charge in [0.05, 0.1) is 17.7 Å². The molecule has 0 aliphatic rings. The normalized spacial score (nSPS) is 9.12. The number of amides is 1. The Kier molecular flexibility index (Phi) is 10.8. The van der Waals surface area contributed by atoms with Crippen molar-refractivity contribution >= 4 is 42.1 Å². The van der Waals surface area contributed by atoms with Crippen molar-refractivity contribution in [1.29, 1.82) is 0 Å². The molecule has 100 valence electrons. The molecule has 0 aliphatic carbocycles. The molecule has 0 saturated heterocycles. The molecule has 17 heavy (non-hydrogen) atoms. The lowest BCUT2D eigenvalue weighted by Crippen LogP contribution is -2.28. The summed E-state index contributed by atoms with van der Waals surface area (Å²) in [4.78, 5) is 18.7. The molecule has 0 radical (unpaired) electrons. The van der Waals surface area contributed by atoms with Crippen molar-refractivity contribution in [2.75, 3.05) is 20.6 Å². The van der Waals surface area contributed by atoms with Crippen molar-refractivity contribution in [3.8, 4) is 0 Å². The molecule has 7 heteroatoms. The number of hydrogen-bond donors (Lipinski definition) is 1. The summed E-state index contributed by atoms with van der Waals surface area (Å²) in [6.45, 7) is 3.36. The molecular formula is C10H19Cl2N3OS. The monoisotopic (exact) mass is 299 g/mol. The number of halogens is 2. The van der Waals surface area contributed by atoms with Gasteiger partial charge in [0.2, 0.25) is 5.91 Å². The third-order valence-electron chi connectivity index (χ3n) is 2.24. The fourth-order valence-electron chi connectivity index (χ4n) is 1.20. The van der Waals surface area contributed by atoms with Crippen molar-refractivity contribution < 1.29 is 4.79 Å². The Labute approximate surface area is 119 Å². The number of hydrogen-bond acceptors (Lipinski definition) is 4. The number of thiazole rings is 1. The average Bonchev–Trinajstić information content (AvgIpc) is 2.61. The van der Waals surface area contributed by atoms with Gasteiger partial charge in [-0.05, 0) is 14.0 Å². The second kappa shape index (κ2) is 9.65. The van der Waals surface area contributed by atoms with Crippen molar-refractivity contribution in [3.63, 3.8) is 0 Å². The SMILES string of the molecule is CNCCC(=O)N(C)Cc1scnc1C.Cl.Cl. The number of rotatable bonds is 5. The summed E-state index contributed by atoms with van der Waals surface area (Å²) < 4.78 is 0. The van der Waals surface area contributed by atoms with Crippen LogP contribution in [-0.4, -0.2) is 36.4 Å². The number of aryl methyl sites for hydroxylation is 1. The molecule has 0 saturated carbocycles. The van der Waals surface area contributed by atoms with Gasteiger partial charge in [-0.3, -0.25) is 4.79 Å². The predicted molar refractivity (Wildman–Crippen MR) is 76.4 cm³/mol. The first-order valence-corrected chi connectivity index (χ1v) is 5.80. The first kappa shape index (κ1) is 19.0. The molecule has 4 nitrogen and oxygen atoms in total. The van der Waals surface area contributed by atoms with Crippen LogP contribution in [0.5, 0.6) is 0 Å². The van der Waals surface area contributed by atoms with E-state index in [-0.39, 0.29) is 30.7 Å². The molecule has 1 aromatic heterocycles. The van der Waals surface area contributed by atoms with Gasteiger partial charge in [-0.15, -0.1) is 36.2 Å². The minimum absolute atomic E-state index is 0. The maximum Gasteiger partial charge on any atom is 0.223 e. The van der Waals surface area contributed by atoms with Crippen LogP contribution in [0.2, 0.25) is 0 Å². The molecule has 1 aromatic rings. The Balaban J connectivity index is 0. The van der Waals surface area contributed by atoms with Gasteiger partial charge in [0.1, 0.15) is 0 Å². The van der Waals surface area contributed by atoms with Crippen molar-refractivity contribution in [2.24, 2.45) is 0 Å². The highest BCUT2D eigenvalue weighted by molar-refractivity contribution is 7.09. The van der Waals surface area contributed by atoms with Crippen LogP contribution in [0.15, 0.2) is 5.51 Å². The third kappa shape index (κ3) is 6.21. The van der Waals surface area contributed by atoms with Gasteiger partial charge in [-0.25, -0.2) is 4.98 Å². The van der Waals surface area contributed by atoms with E-state index < -0.39 is 0 Å². The quantitative estimate of drug-likeness (QED) is 0.903. The lowest BCUT2D eigenvalue weighted by molar-refractivity contribution is -0.130. The summed E-state index contributed by atoms with van der Waals surface area (Å²) >= 11 is 1.60. The zero-order chi connectivity index (χ0) is 11.3. The minimum Gasteiger partial charge on any atom is -0.341 e. The van der Waals surface area contributed by atoms with Crippen LogP contribution in [0.3, 0.4) is 0 Å². The number of carbonyl (C=O) groups excluding carboxylic acids is 1. The molecule has 0 bridgehead atoms. The fourth-order valence-corrected chi connectivity index (χ4v) is 2.03. The molecular weight excluding hydrogens is 281 g/mol. The summed E-state index contributed by atoms with van der Waals surface area (Å²) in [5, 5.41) is 2.97. The van der Waals surface area contributed by atoms with Gasteiger partial charge in [-0.1, -0.05) is 0 Å². The second-order valence-corrected chi connectivity index (χ2v) is 4.40. The van der Waals surface area contributed by atoms with Crippen LogP contribution < -0.4 is 5.32 Å². The summed E-state index contributed by atoms with van der Waals surface area (Å²) in [5.41, 5.74) is 2.84. The molecule has 0 fully saturated rings. The average molecular weight is 300 g/mol. The summed E-state index contributed by atoms with van der Waals surface area (Å²) in [6.07, 6.45) is 0.546. The van der Waals surface area contributed by atoms with Crippen LogP contribution in [-0.2, 0) is 11.3 Å². The molecule has 1 N–H and O–H groups in total. The Hall–Kier alpha value is -0.360. The highest BCUT2D eigenvalue weighted by Gasteiger charge is 2.10. The lowest BCUT2D eigenvalue weighted by Gasteiger charge is -2.16. The van der Waals surface area contributed by atoms with E-state index in [1.807, 2.05) is 26.5 Å². The molecule has 0 spiro atoms. The Morgan fingerprint density at radius 1 is 1.53 bits per heavy atom. The summed E-state index contributed by atoms with van der Waals surface area (Å²) in [7, 11) is 3.68.